The van der Waals surface area contributed by atoms with Crippen LogP contribution in [0.2, 0.25) is 0 Å². The monoisotopic (exact) mass is 299 g/mol. The summed E-state index contributed by atoms with van der Waals surface area (Å²) >= 11 is 3.39. The van der Waals surface area contributed by atoms with Crippen LogP contribution in [0.4, 0.5) is 0 Å². The van der Waals surface area contributed by atoms with Crippen molar-refractivity contribution >= 4 is 21.9 Å². The van der Waals surface area contributed by atoms with Gasteiger partial charge in [0, 0.05) is 17.6 Å². The van der Waals surface area contributed by atoms with Gasteiger partial charge in [0.25, 0.3) is 0 Å². The van der Waals surface area contributed by atoms with Gasteiger partial charge in [0.05, 0.1) is 5.41 Å². The molecule has 0 aromatic heterocycles. The number of hydrogen-bond donors (Lipinski definition) is 1. The molecule has 0 aliphatic rings. The Labute approximate surface area is 111 Å². The first-order chi connectivity index (χ1) is 7.81. The number of aliphatic carboxylic acids is 1. The lowest BCUT2D eigenvalue weighted by Gasteiger charge is -2.26. The van der Waals surface area contributed by atoms with E-state index in [1.807, 2.05) is 36.2 Å². The van der Waals surface area contributed by atoms with Gasteiger partial charge in [-0.05, 0) is 38.6 Å². The first kappa shape index (κ1) is 14.2. The van der Waals surface area contributed by atoms with Gasteiger partial charge < -0.3 is 10.0 Å². The fourth-order valence-corrected chi connectivity index (χ4v) is 1.96. The summed E-state index contributed by atoms with van der Waals surface area (Å²) < 4.78 is 1.05. The van der Waals surface area contributed by atoms with Crippen LogP contribution in [0, 0.1) is 5.41 Å². The quantitative estimate of drug-likeness (QED) is 0.909. The van der Waals surface area contributed by atoms with E-state index in [-0.39, 0.29) is 0 Å². The molecule has 4 heteroatoms. The van der Waals surface area contributed by atoms with E-state index in [0.717, 1.165) is 11.0 Å². The zero-order chi connectivity index (χ0) is 13.1. The summed E-state index contributed by atoms with van der Waals surface area (Å²) in [7, 11) is 1.94. The summed E-state index contributed by atoms with van der Waals surface area (Å²) in [4.78, 5) is 13.0. The highest BCUT2D eigenvalue weighted by Crippen LogP contribution is 2.18. The van der Waals surface area contributed by atoms with E-state index >= 15 is 0 Å². The zero-order valence-corrected chi connectivity index (χ0v) is 12.0. The molecule has 1 aromatic carbocycles. The van der Waals surface area contributed by atoms with Crippen molar-refractivity contribution in [2.75, 3.05) is 13.6 Å². The summed E-state index contributed by atoms with van der Waals surface area (Å²) in [5.74, 6) is -0.764. The second-order valence-corrected chi connectivity index (χ2v) is 5.90. The van der Waals surface area contributed by atoms with E-state index in [9.17, 15) is 4.79 Å². The third kappa shape index (κ3) is 4.48. The van der Waals surface area contributed by atoms with Crippen LogP contribution in [-0.2, 0) is 11.3 Å². The van der Waals surface area contributed by atoms with Crippen molar-refractivity contribution in [1.29, 1.82) is 0 Å². The lowest BCUT2D eigenvalue weighted by Crippen LogP contribution is -2.36. The topological polar surface area (TPSA) is 40.5 Å². The minimum absolute atomic E-state index is 0.526. The summed E-state index contributed by atoms with van der Waals surface area (Å²) in [5, 5.41) is 9.06. The maximum absolute atomic E-state index is 11.0. The number of benzene rings is 1. The lowest BCUT2D eigenvalue weighted by molar-refractivity contribution is -0.147. The van der Waals surface area contributed by atoms with Crippen LogP contribution in [0.5, 0.6) is 0 Å². The Bertz CT molecular complexity index is 387. The minimum atomic E-state index is -0.764. The van der Waals surface area contributed by atoms with E-state index in [1.165, 1.54) is 5.56 Å². The molecule has 94 valence electrons. The Morgan fingerprint density at radius 1 is 1.35 bits per heavy atom. The van der Waals surface area contributed by atoms with E-state index in [4.69, 9.17) is 5.11 Å². The summed E-state index contributed by atoms with van der Waals surface area (Å²) in [5.41, 5.74) is 0.460. The normalized spacial score (nSPS) is 11.8. The molecule has 0 bridgehead atoms. The third-order valence-electron chi connectivity index (χ3n) is 2.61. The number of carboxylic acid groups (broad SMARTS) is 1. The maximum atomic E-state index is 11.0. The number of hydrogen-bond acceptors (Lipinski definition) is 2. The molecular weight excluding hydrogens is 282 g/mol. The second-order valence-electron chi connectivity index (χ2n) is 4.99. The molecule has 0 atom stereocenters. The number of rotatable bonds is 5. The fraction of sp³-hybridized carbons (Fsp3) is 0.462. The largest absolute Gasteiger partial charge is 0.481 e. The smallest absolute Gasteiger partial charge is 0.310 e. The van der Waals surface area contributed by atoms with Crippen molar-refractivity contribution in [3.63, 3.8) is 0 Å². The van der Waals surface area contributed by atoms with E-state index in [2.05, 4.69) is 15.9 Å². The van der Waals surface area contributed by atoms with Gasteiger partial charge in [-0.1, -0.05) is 28.1 Å². The average Bonchev–Trinajstić information content (AvgIpc) is 2.20. The van der Waals surface area contributed by atoms with Gasteiger partial charge in [-0.25, -0.2) is 0 Å². The van der Waals surface area contributed by atoms with Gasteiger partial charge in [0.2, 0.25) is 0 Å². The molecule has 0 saturated heterocycles. The molecule has 0 amide bonds. The van der Waals surface area contributed by atoms with Gasteiger partial charge in [0.15, 0.2) is 0 Å². The molecule has 0 fully saturated rings. The highest BCUT2D eigenvalue weighted by molar-refractivity contribution is 9.10. The molecule has 1 rings (SSSR count). The lowest BCUT2D eigenvalue weighted by atomic mass is 9.93. The summed E-state index contributed by atoms with van der Waals surface area (Å²) in [6, 6.07) is 8.06. The number of nitrogens with zero attached hydrogens (tertiary/aromatic N) is 1. The van der Waals surface area contributed by atoms with Crippen molar-refractivity contribution in [3.8, 4) is 0 Å². The maximum Gasteiger partial charge on any atom is 0.310 e. The molecule has 0 saturated carbocycles. The van der Waals surface area contributed by atoms with Crippen molar-refractivity contribution in [2.24, 2.45) is 5.41 Å². The predicted molar refractivity (Wildman–Crippen MR) is 71.9 cm³/mol. The first-order valence-electron chi connectivity index (χ1n) is 5.47. The van der Waals surface area contributed by atoms with Crippen LogP contribution in [0.3, 0.4) is 0 Å². The van der Waals surface area contributed by atoms with Gasteiger partial charge in [0.1, 0.15) is 0 Å². The Morgan fingerprint density at radius 2 is 1.88 bits per heavy atom. The Morgan fingerprint density at radius 3 is 2.35 bits per heavy atom. The van der Waals surface area contributed by atoms with Gasteiger partial charge in [-0.2, -0.15) is 0 Å². The van der Waals surface area contributed by atoms with Crippen molar-refractivity contribution in [1.82, 2.24) is 4.90 Å². The molecule has 0 spiro atoms. The SMILES string of the molecule is CN(Cc1ccc(Br)cc1)CC(C)(C)C(=O)O. The molecule has 1 aromatic rings. The van der Waals surface area contributed by atoms with E-state index in [1.54, 1.807) is 13.8 Å². The Kier molecular flexibility index (Phi) is 4.71. The molecule has 0 radical (unpaired) electrons. The van der Waals surface area contributed by atoms with Crippen LogP contribution in [0.1, 0.15) is 19.4 Å². The van der Waals surface area contributed by atoms with Crippen molar-refractivity contribution in [3.05, 3.63) is 34.3 Å². The standard InChI is InChI=1S/C13H18BrNO2/c1-13(2,12(16)17)9-15(3)8-10-4-6-11(14)7-5-10/h4-7H,8-9H2,1-3H3,(H,16,17). The molecule has 3 nitrogen and oxygen atoms in total. The zero-order valence-electron chi connectivity index (χ0n) is 10.4. The van der Waals surface area contributed by atoms with Gasteiger partial charge in [-0.15, -0.1) is 0 Å². The third-order valence-corrected chi connectivity index (χ3v) is 3.14. The van der Waals surface area contributed by atoms with Crippen LogP contribution >= 0.6 is 15.9 Å². The average molecular weight is 300 g/mol. The minimum Gasteiger partial charge on any atom is -0.481 e. The van der Waals surface area contributed by atoms with Gasteiger partial charge >= 0.3 is 5.97 Å². The van der Waals surface area contributed by atoms with E-state index < -0.39 is 11.4 Å². The van der Waals surface area contributed by atoms with Crippen LogP contribution < -0.4 is 0 Å². The van der Waals surface area contributed by atoms with E-state index in [0.29, 0.717) is 6.54 Å². The molecule has 1 N–H and O–H groups in total. The number of carbonyl (C=O) groups is 1. The molecule has 17 heavy (non-hydrogen) atoms. The highest BCUT2D eigenvalue weighted by Gasteiger charge is 2.28. The molecule has 0 unspecified atom stereocenters. The first-order valence-corrected chi connectivity index (χ1v) is 6.27. The van der Waals surface area contributed by atoms with Gasteiger partial charge in [-0.3, -0.25) is 4.79 Å². The fourth-order valence-electron chi connectivity index (χ4n) is 1.70. The summed E-state index contributed by atoms with van der Waals surface area (Å²) in [6.45, 7) is 4.77. The van der Waals surface area contributed by atoms with Crippen molar-refractivity contribution in [2.45, 2.75) is 20.4 Å². The Hall–Kier alpha value is -0.870. The number of halogens is 1. The van der Waals surface area contributed by atoms with Crippen LogP contribution in [-0.4, -0.2) is 29.6 Å². The highest BCUT2D eigenvalue weighted by atomic mass is 79.9. The van der Waals surface area contributed by atoms with Crippen LogP contribution in [0.25, 0.3) is 0 Å². The Balaban J connectivity index is 2.58. The number of carboxylic acids is 1. The predicted octanol–water partition coefficient (Wildman–Crippen LogP) is 2.99. The molecule has 0 aliphatic carbocycles. The molecule has 0 aliphatic heterocycles. The second kappa shape index (κ2) is 5.65. The molecular formula is C13H18BrNO2. The van der Waals surface area contributed by atoms with Crippen molar-refractivity contribution < 1.29 is 9.90 Å². The van der Waals surface area contributed by atoms with Crippen LogP contribution in [0.15, 0.2) is 28.7 Å². The molecule has 0 heterocycles. The summed E-state index contributed by atoms with van der Waals surface area (Å²) in [6.07, 6.45) is 0.